The first-order valence-corrected chi connectivity index (χ1v) is 6.34. The Morgan fingerprint density at radius 3 is 2.50 bits per heavy atom. The molecule has 1 heteroatoms. The third kappa shape index (κ3) is 1.83. The number of benzene rings is 1. The summed E-state index contributed by atoms with van der Waals surface area (Å²) in [4.78, 5) is 0. The zero-order chi connectivity index (χ0) is 11.9. The van der Waals surface area contributed by atoms with E-state index in [-0.39, 0.29) is 0 Å². The largest absolute Gasteiger partial charge is 0.508 e. The molecule has 1 nitrogen and oxygen atoms in total. The lowest BCUT2D eigenvalue weighted by molar-refractivity contribution is 0.406. The maximum absolute atomic E-state index is 9.82. The molecule has 0 saturated carbocycles. The summed E-state index contributed by atoms with van der Waals surface area (Å²) in [6.45, 7) is 8.86. The lowest BCUT2D eigenvalue weighted by Crippen LogP contribution is -2.17. The standard InChI is InChI=1S/C15H22O/c1-9(2)12-6-5-10(3)13-8-15(16)11(4)7-14(12)13/h7-10,12,16H,5-6H2,1-4H3/t10-,12-/m0/s1. The van der Waals surface area contributed by atoms with Crippen molar-refractivity contribution in [2.24, 2.45) is 5.92 Å². The van der Waals surface area contributed by atoms with Crippen LogP contribution >= 0.6 is 0 Å². The lowest BCUT2D eigenvalue weighted by atomic mass is 9.72. The molecule has 0 spiro atoms. The van der Waals surface area contributed by atoms with Gasteiger partial charge in [-0.1, -0.05) is 26.8 Å². The minimum absolute atomic E-state index is 0.454. The van der Waals surface area contributed by atoms with Gasteiger partial charge in [0.2, 0.25) is 0 Å². The number of phenolic OH excluding ortho intramolecular Hbond substituents is 1. The van der Waals surface area contributed by atoms with Crippen LogP contribution in [0.1, 0.15) is 62.1 Å². The SMILES string of the molecule is Cc1cc2c(cc1O)[C@@H](C)CC[C@H]2C(C)C. The van der Waals surface area contributed by atoms with E-state index in [1.54, 1.807) is 0 Å². The molecule has 0 fully saturated rings. The molecule has 1 aromatic rings. The van der Waals surface area contributed by atoms with Crippen LogP contribution in [0, 0.1) is 12.8 Å². The third-order valence-corrected chi connectivity index (χ3v) is 4.05. The van der Waals surface area contributed by atoms with Crippen LogP contribution in [0.4, 0.5) is 0 Å². The van der Waals surface area contributed by atoms with E-state index in [1.165, 1.54) is 24.0 Å². The molecule has 1 aliphatic rings. The smallest absolute Gasteiger partial charge is 0.118 e. The highest BCUT2D eigenvalue weighted by Crippen LogP contribution is 2.44. The zero-order valence-corrected chi connectivity index (χ0v) is 10.7. The average molecular weight is 218 g/mol. The molecule has 1 N–H and O–H groups in total. The van der Waals surface area contributed by atoms with Crippen LogP contribution in [0.15, 0.2) is 12.1 Å². The molecular weight excluding hydrogens is 196 g/mol. The molecule has 0 unspecified atom stereocenters. The lowest BCUT2D eigenvalue weighted by Gasteiger charge is -2.32. The van der Waals surface area contributed by atoms with Gasteiger partial charge >= 0.3 is 0 Å². The van der Waals surface area contributed by atoms with Gasteiger partial charge in [0.1, 0.15) is 5.75 Å². The summed E-state index contributed by atoms with van der Waals surface area (Å²) < 4.78 is 0. The van der Waals surface area contributed by atoms with Gasteiger partial charge in [0.15, 0.2) is 0 Å². The molecular formula is C15H22O. The Hall–Kier alpha value is -0.980. The Morgan fingerprint density at radius 2 is 1.88 bits per heavy atom. The van der Waals surface area contributed by atoms with Crippen LogP contribution in [-0.2, 0) is 0 Å². The normalized spacial score (nSPS) is 24.6. The molecule has 0 aromatic heterocycles. The summed E-state index contributed by atoms with van der Waals surface area (Å²) in [5, 5.41) is 9.82. The fourth-order valence-electron chi connectivity index (χ4n) is 2.92. The second kappa shape index (κ2) is 4.12. The number of fused-ring (bicyclic) bond motifs is 1. The van der Waals surface area contributed by atoms with Crippen LogP contribution in [0.3, 0.4) is 0 Å². The summed E-state index contributed by atoms with van der Waals surface area (Å²) in [6, 6.07) is 4.19. The molecule has 2 rings (SSSR count). The first-order valence-electron chi connectivity index (χ1n) is 6.34. The molecule has 88 valence electrons. The van der Waals surface area contributed by atoms with Crippen molar-refractivity contribution in [1.29, 1.82) is 0 Å². The first kappa shape index (κ1) is 11.5. The second-order valence-corrected chi connectivity index (χ2v) is 5.60. The summed E-state index contributed by atoms with van der Waals surface area (Å²) in [5.74, 6) is 2.41. The summed E-state index contributed by atoms with van der Waals surface area (Å²) in [7, 11) is 0. The van der Waals surface area contributed by atoms with Crippen LogP contribution in [0.25, 0.3) is 0 Å². The average Bonchev–Trinajstić information content (AvgIpc) is 2.21. The van der Waals surface area contributed by atoms with Crippen LogP contribution in [0.2, 0.25) is 0 Å². The molecule has 16 heavy (non-hydrogen) atoms. The Kier molecular flexibility index (Phi) is 2.96. The van der Waals surface area contributed by atoms with Gasteiger partial charge in [0.05, 0.1) is 0 Å². The Bertz CT molecular complexity index is 393. The number of hydrogen-bond donors (Lipinski definition) is 1. The fourth-order valence-corrected chi connectivity index (χ4v) is 2.92. The van der Waals surface area contributed by atoms with Gasteiger partial charge in [-0.05, 0) is 60.3 Å². The van der Waals surface area contributed by atoms with E-state index in [4.69, 9.17) is 0 Å². The minimum atomic E-state index is 0.454. The zero-order valence-electron chi connectivity index (χ0n) is 10.7. The second-order valence-electron chi connectivity index (χ2n) is 5.60. The highest BCUT2D eigenvalue weighted by atomic mass is 16.3. The Labute approximate surface area is 98.5 Å². The summed E-state index contributed by atoms with van der Waals surface area (Å²) in [6.07, 6.45) is 2.54. The number of phenols is 1. The number of rotatable bonds is 1. The molecule has 0 radical (unpaired) electrons. The Morgan fingerprint density at radius 1 is 1.19 bits per heavy atom. The van der Waals surface area contributed by atoms with Gasteiger partial charge in [0, 0.05) is 0 Å². The van der Waals surface area contributed by atoms with Crippen molar-refractivity contribution in [3.05, 3.63) is 28.8 Å². The van der Waals surface area contributed by atoms with Crippen LogP contribution in [-0.4, -0.2) is 5.11 Å². The topological polar surface area (TPSA) is 20.2 Å². The van der Waals surface area contributed by atoms with E-state index < -0.39 is 0 Å². The molecule has 0 aliphatic heterocycles. The monoisotopic (exact) mass is 218 g/mol. The van der Waals surface area contributed by atoms with Crippen molar-refractivity contribution in [2.75, 3.05) is 0 Å². The van der Waals surface area contributed by atoms with Gasteiger partial charge in [-0.2, -0.15) is 0 Å². The van der Waals surface area contributed by atoms with Crippen molar-refractivity contribution in [3.63, 3.8) is 0 Å². The molecule has 2 atom stereocenters. The minimum Gasteiger partial charge on any atom is -0.508 e. The van der Waals surface area contributed by atoms with Gasteiger partial charge < -0.3 is 5.11 Å². The van der Waals surface area contributed by atoms with Crippen molar-refractivity contribution in [1.82, 2.24) is 0 Å². The maximum atomic E-state index is 9.82. The van der Waals surface area contributed by atoms with E-state index in [0.717, 1.165) is 5.56 Å². The highest BCUT2D eigenvalue weighted by Gasteiger charge is 2.27. The van der Waals surface area contributed by atoms with Gasteiger partial charge in [-0.15, -0.1) is 0 Å². The maximum Gasteiger partial charge on any atom is 0.118 e. The number of hydrogen-bond acceptors (Lipinski definition) is 1. The molecule has 0 heterocycles. The predicted molar refractivity (Wildman–Crippen MR) is 68.1 cm³/mol. The van der Waals surface area contributed by atoms with E-state index in [1.807, 2.05) is 13.0 Å². The first-order chi connectivity index (χ1) is 7.50. The van der Waals surface area contributed by atoms with Gasteiger partial charge in [-0.25, -0.2) is 0 Å². The Balaban J connectivity index is 2.52. The van der Waals surface area contributed by atoms with Crippen molar-refractivity contribution in [3.8, 4) is 5.75 Å². The van der Waals surface area contributed by atoms with Crippen molar-refractivity contribution in [2.45, 2.75) is 52.4 Å². The quantitative estimate of drug-likeness (QED) is 0.743. The molecule has 1 aliphatic carbocycles. The van der Waals surface area contributed by atoms with E-state index in [9.17, 15) is 5.11 Å². The van der Waals surface area contributed by atoms with Gasteiger partial charge in [-0.3, -0.25) is 0 Å². The van der Waals surface area contributed by atoms with E-state index in [0.29, 0.717) is 23.5 Å². The third-order valence-electron chi connectivity index (χ3n) is 4.05. The van der Waals surface area contributed by atoms with Crippen LogP contribution < -0.4 is 0 Å². The van der Waals surface area contributed by atoms with Crippen LogP contribution in [0.5, 0.6) is 5.75 Å². The summed E-state index contributed by atoms with van der Waals surface area (Å²) >= 11 is 0. The number of aromatic hydroxyl groups is 1. The molecule has 1 aromatic carbocycles. The van der Waals surface area contributed by atoms with Crippen molar-refractivity contribution >= 4 is 0 Å². The van der Waals surface area contributed by atoms with Gasteiger partial charge in [0.25, 0.3) is 0 Å². The molecule has 0 amide bonds. The predicted octanol–water partition coefficient (Wildman–Crippen LogP) is 4.34. The fraction of sp³-hybridized carbons (Fsp3) is 0.600. The van der Waals surface area contributed by atoms with E-state index >= 15 is 0 Å². The number of aryl methyl sites for hydroxylation is 1. The molecule has 0 bridgehead atoms. The highest BCUT2D eigenvalue weighted by molar-refractivity contribution is 5.45. The van der Waals surface area contributed by atoms with Crippen molar-refractivity contribution < 1.29 is 5.11 Å². The van der Waals surface area contributed by atoms with E-state index in [2.05, 4.69) is 26.8 Å². The summed E-state index contributed by atoms with van der Waals surface area (Å²) in [5.41, 5.74) is 3.86. The molecule has 0 saturated heterocycles.